The van der Waals surface area contributed by atoms with E-state index < -0.39 is 0 Å². The summed E-state index contributed by atoms with van der Waals surface area (Å²) in [5, 5.41) is 6.70. The van der Waals surface area contributed by atoms with Gasteiger partial charge in [0.1, 0.15) is 0 Å². The molecule has 0 radical (unpaired) electrons. The summed E-state index contributed by atoms with van der Waals surface area (Å²) < 4.78 is 1.10. The van der Waals surface area contributed by atoms with E-state index in [1.165, 1.54) is 10.8 Å². The van der Waals surface area contributed by atoms with E-state index in [0.29, 0.717) is 0 Å². The molecule has 4 heteroatoms. The summed E-state index contributed by atoms with van der Waals surface area (Å²) >= 11 is 1.61. The summed E-state index contributed by atoms with van der Waals surface area (Å²) in [5.74, 6) is 0. The number of thiazole rings is 1. The smallest absolute Gasteiger partial charge is 0.188 e. The third-order valence-corrected chi connectivity index (χ3v) is 4.35. The van der Waals surface area contributed by atoms with Gasteiger partial charge in [-0.25, -0.2) is 4.98 Å². The Labute approximate surface area is 126 Å². The Morgan fingerprint density at radius 1 is 0.905 bits per heavy atom. The molecule has 0 aliphatic carbocycles. The van der Waals surface area contributed by atoms with Gasteiger partial charge >= 0.3 is 0 Å². The quantitative estimate of drug-likeness (QED) is 0.523. The molecule has 0 fully saturated rings. The molecule has 3 nitrogen and oxygen atoms in total. The summed E-state index contributed by atoms with van der Waals surface area (Å²) in [4.78, 5) is 4.58. The third-order valence-electron chi connectivity index (χ3n) is 3.41. The standard InChI is InChI=1S/C17H13N3S/c18-13-6-8-15-16(10-13)21-17(20-15)19-14-7-5-11-3-1-2-4-12(11)9-14/h1-10H,18H2,(H,19,20). The van der Waals surface area contributed by atoms with Crippen LogP contribution in [0.4, 0.5) is 16.5 Å². The molecular formula is C17H13N3S. The highest BCUT2D eigenvalue weighted by Gasteiger charge is 2.05. The number of aromatic nitrogens is 1. The molecule has 1 aromatic heterocycles. The minimum Gasteiger partial charge on any atom is -0.399 e. The molecule has 102 valence electrons. The largest absolute Gasteiger partial charge is 0.399 e. The minimum absolute atomic E-state index is 0.767. The van der Waals surface area contributed by atoms with Crippen LogP contribution in [-0.4, -0.2) is 4.98 Å². The number of anilines is 3. The molecule has 0 atom stereocenters. The third kappa shape index (κ3) is 2.30. The highest BCUT2D eigenvalue weighted by Crippen LogP contribution is 2.30. The van der Waals surface area contributed by atoms with Crippen molar-refractivity contribution in [1.82, 2.24) is 4.98 Å². The monoisotopic (exact) mass is 291 g/mol. The van der Waals surface area contributed by atoms with Gasteiger partial charge < -0.3 is 11.1 Å². The van der Waals surface area contributed by atoms with Gasteiger partial charge in [-0.15, -0.1) is 0 Å². The molecule has 4 aromatic rings. The van der Waals surface area contributed by atoms with E-state index in [0.717, 1.165) is 26.7 Å². The summed E-state index contributed by atoms with van der Waals surface area (Å²) in [6.45, 7) is 0. The zero-order valence-corrected chi connectivity index (χ0v) is 12.0. The number of nitrogens with zero attached hydrogens (tertiary/aromatic N) is 1. The van der Waals surface area contributed by atoms with Crippen LogP contribution in [0, 0.1) is 0 Å². The average molecular weight is 291 g/mol. The van der Waals surface area contributed by atoms with Gasteiger partial charge in [-0.1, -0.05) is 41.7 Å². The highest BCUT2D eigenvalue weighted by molar-refractivity contribution is 7.22. The number of rotatable bonds is 2. The molecule has 4 rings (SSSR count). The van der Waals surface area contributed by atoms with Crippen LogP contribution in [0.2, 0.25) is 0 Å². The second-order valence-corrected chi connectivity index (χ2v) is 5.96. The van der Waals surface area contributed by atoms with E-state index in [9.17, 15) is 0 Å². The molecule has 0 saturated heterocycles. The number of benzene rings is 3. The van der Waals surface area contributed by atoms with Crippen molar-refractivity contribution in [3.8, 4) is 0 Å². The maximum absolute atomic E-state index is 5.81. The number of fused-ring (bicyclic) bond motifs is 2. The zero-order chi connectivity index (χ0) is 14.2. The lowest BCUT2D eigenvalue weighted by molar-refractivity contribution is 1.45. The van der Waals surface area contributed by atoms with Crippen LogP contribution < -0.4 is 11.1 Å². The molecule has 0 saturated carbocycles. The fourth-order valence-corrected chi connectivity index (χ4v) is 3.32. The first-order chi connectivity index (χ1) is 10.3. The van der Waals surface area contributed by atoms with E-state index in [1.54, 1.807) is 11.3 Å². The van der Waals surface area contributed by atoms with Crippen molar-refractivity contribution in [2.24, 2.45) is 0 Å². The van der Waals surface area contributed by atoms with Gasteiger partial charge in [0.15, 0.2) is 5.13 Å². The fourth-order valence-electron chi connectivity index (χ4n) is 2.39. The molecule has 0 spiro atoms. The van der Waals surface area contributed by atoms with Crippen LogP contribution in [0.1, 0.15) is 0 Å². The molecule has 3 N–H and O–H groups in total. The predicted octanol–water partition coefficient (Wildman–Crippen LogP) is 4.78. The number of hydrogen-bond donors (Lipinski definition) is 2. The molecule has 0 bridgehead atoms. The molecule has 0 aliphatic heterocycles. The normalized spacial score (nSPS) is 11.0. The van der Waals surface area contributed by atoms with Gasteiger partial charge in [-0.05, 0) is 41.1 Å². The highest BCUT2D eigenvalue weighted by atomic mass is 32.1. The van der Waals surface area contributed by atoms with E-state index in [2.05, 4.69) is 40.6 Å². The molecule has 0 amide bonds. The summed E-state index contributed by atoms with van der Waals surface area (Å²) in [7, 11) is 0. The van der Waals surface area contributed by atoms with Crippen LogP contribution in [0.25, 0.3) is 21.0 Å². The number of nitrogens with one attached hydrogen (secondary N) is 1. The van der Waals surface area contributed by atoms with Crippen molar-refractivity contribution in [1.29, 1.82) is 0 Å². The van der Waals surface area contributed by atoms with Crippen LogP contribution in [0.15, 0.2) is 60.7 Å². The molecule has 3 aromatic carbocycles. The second-order valence-electron chi connectivity index (χ2n) is 4.93. The molecule has 21 heavy (non-hydrogen) atoms. The van der Waals surface area contributed by atoms with E-state index in [-0.39, 0.29) is 0 Å². The topological polar surface area (TPSA) is 50.9 Å². The van der Waals surface area contributed by atoms with Gasteiger partial charge in [-0.3, -0.25) is 0 Å². The first-order valence-electron chi connectivity index (χ1n) is 6.70. The Morgan fingerprint density at radius 2 is 1.76 bits per heavy atom. The number of hydrogen-bond acceptors (Lipinski definition) is 4. The summed E-state index contributed by atoms with van der Waals surface area (Å²) in [6.07, 6.45) is 0. The predicted molar refractivity (Wildman–Crippen MR) is 91.3 cm³/mol. The van der Waals surface area contributed by atoms with Crippen LogP contribution in [0.3, 0.4) is 0 Å². The molecule has 0 aliphatic rings. The van der Waals surface area contributed by atoms with Crippen molar-refractivity contribution in [3.63, 3.8) is 0 Å². The Morgan fingerprint density at radius 3 is 2.67 bits per heavy atom. The van der Waals surface area contributed by atoms with Gasteiger partial charge in [-0.2, -0.15) is 0 Å². The first kappa shape index (κ1) is 12.2. The molecular weight excluding hydrogens is 278 g/mol. The molecule has 0 unspecified atom stereocenters. The Kier molecular flexibility index (Phi) is 2.75. The van der Waals surface area contributed by atoms with E-state index in [4.69, 9.17) is 5.73 Å². The lowest BCUT2D eigenvalue weighted by atomic mass is 10.1. The minimum atomic E-state index is 0.767. The van der Waals surface area contributed by atoms with Crippen molar-refractivity contribution in [3.05, 3.63) is 60.7 Å². The zero-order valence-electron chi connectivity index (χ0n) is 11.2. The van der Waals surface area contributed by atoms with Crippen LogP contribution >= 0.6 is 11.3 Å². The van der Waals surface area contributed by atoms with Crippen molar-refractivity contribution in [2.75, 3.05) is 11.1 Å². The van der Waals surface area contributed by atoms with E-state index in [1.807, 2.05) is 30.3 Å². The maximum atomic E-state index is 5.81. The Balaban J connectivity index is 1.71. The van der Waals surface area contributed by atoms with Gasteiger partial charge in [0.25, 0.3) is 0 Å². The Bertz CT molecular complexity index is 943. The van der Waals surface area contributed by atoms with Crippen molar-refractivity contribution in [2.45, 2.75) is 0 Å². The second kappa shape index (κ2) is 4.75. The first-order valence-corrected chi connectivity index (χ1v) is 7.51. The fraction of sp³-hybridized carbons (Fsp3) is 0. The SMILES string of the molecule is Nc1ccc2nc(Nc3ccc4ccccc4c3)sc2c1. The summed E-state index contributed by atoms with van der Waals surface area (Å²) in [5.41, 5.74) is 8.59. The van der Waals surface area contributed by atoms with E-state index >= 15 is 0 Å². The number of nitrogens with two attached hydrogens (primary N) is 1. The van der Waals surface area contributed by atoms with Crippen LogP contribution in [-0.2, 0) is 0 Å². The lowest BCUT2D eigenvalue weighted by Gasteiger charge is -2.04. The average Bonchev–Trinajstić information content (AvgIpc) is 2.88. The van der Waals surface area contributed by atoms with Crippen molar-refractivity contribution >= 4 is 48.8 Å². The van der Waals surface area contributed by atoms with Gasteiger partial charge in [0.05, 0.1) is 10.2 Å². The summed E-state index contributed by atoms with van der Waals surface area (Å²) in [6, 6.07) is 20.4. The Hall–Kier alpha value is -2.59. The van der Waals surface area contributed by atoms with Crippen LogP contribution in [0.5, 0.6) is 0 Å². The van der Waals surface area contributed by atoms with Crippen molar-refractivity contribution < 1.29 is 0 Å². The maximum Gasteiger partial charge on any atom is 0.188 e. The molecule has 1 heterocycles. The van der Waals surface area contributed by atoms with Gasteiger partial charge in [0, 0.05) is 11.4 Å². The van der Waals surface area contributed by atoms with Gasteiger partial charge in [0.2, 0.25) is 0 Å². The lowest BCUT2D eigenvalue weighted by Crippen LogP contribution is -1.88. The number of nitrogen functional groups attached to an aromatic ring is 1.